The Hall–Kier alpha value is -2.11. The van der Waals surface area contributed by atoms with Crippen molar-refractivity contribution in [2.45, 2.75) is 19.4 Å². The highest BCUT2D eigenvalue weighted by atomic mass is 17.1. The molecule has 0 radical (unpaired) electrons. The van der Waals surface area contributed by atoms with Gasteiger partial charge in [0.25, 0.3) is 0 Å². The van der Waals surface area contributed by atoms with Crippen LogP contribution in [0.3, 0.4) is 0 Å². The number of hydrogen-bond acceptors (Lipinski definition) is 5. The maximum atomic E-state index is 11.4. The molecule has 0 atom stereocenters. The first-order valence-electron chi connectivity index (χ1n) is 6.09. The van der Waals surface area contributed by atoms with Gasteiger partial charge in [0, 0.05) is 11.5 Å². The highest BCUT2D eigenvalue weighted by Crippen LogP contribution is 2.29. The molecule has 0 unspecified atom stereocenters. The fourth-order valence-corrected chi connectivity index (χ4v) is 1.79. The van der Waals surface area contributed by atoms with Gasteiger partial charge in [-0.1, -0.05) is 0 Å². The quantitative estimate of drug-likeness (QED) is 0.528. The van der Waals surface area contributed by atoms with Crippen LogP contribution in [-0.4, -0.2) is 18.0 Å². The molecule has 0 amide bonds. The Kier molecular flexibility index (Phi) is 3.92. The van der Waals surface area contributed by atoms with Crippen molar-refractivity contribution in [1.82, 2.24) is 0 Å². The summed E-state index contributed by atoms with van der Waals surface area (Å²) in [4.78, 5) is 15.7. The fourth-order valence-electron chi connectivity index (χ4n) is 1.79. The Morgan fingerprint density at radius 1 is 1.25 bits per heavy atom. The van der Waals surface area contributed by atoms with Gasteiger partial charge in [-0.05, 0) is 44.2 Å². The van der Waals surface area contributed by atoms with Crippen LogP contribution < -0.4 is 10.4 Å². The molecule has 0 bridgehead atoms. The zero-order valence-corrected chi connectivity index (χ0v) is 11.5. The summed E-state index contributed by atoms with van der Waals surface area (Å²) in [6.07, 6.45) is 3.34. The van der Waals surface area contributed by atoms with Crippen LogP contribution in [0, 0.1) is 0 Å². The van der Waals surface area contributed by atoms with Crippen LogP contribution in [0.15, 0.2) is 39.6 Å². The van der Waals surface area contributed by atoms with E-state index >= 15 is 0 Å². The van der Waals surface area contributed by atoms with Gasteiger partial charge in [-0.15, -0.1) is 0 Å². The van der Waals surface area contributed by atoms with Crippen molar-refractivity contribution in [1.29, 1.82) is 0 Å². The van der Waals surface area contributed by atoms with E-state index in [0.717, 1.165) is 5.39 Å². The molecule has 1 heterocycles. The predicted octanol–water partition coefficient (Wildman–Crippen LogP) is 3.08. The molecule has 1 aromatic heterocycles. The van der Waals surface area contributed by atoms with E-state index in [4.69, 9.17) is 14.4 Å². The Morgan fingerprint density at radius 3 is 2.60 bits per heavy atom. The standard InChI is InChI=1S/C15H16O5/c1-15(2,20-17)9-8-11-12(18-3)6-4-10-5-7-13(16)19-14(10)11/h4-9,17H,1-3H3. The summed E-state index contributed by atoms with van der Waals surface area (Å²) in [5, 5.41) is 9.58. The minimum atomic E-state index is -0.859. The second kappa shape index (κ2) is 5.48. The highest BCUT2D eigenvalue weighted by Gasteiger charge is 2.15. The minimum absolute atomic E-state index is 0.432. The van der Waals surface area contributed by atoms with Gasteiger partial charge in [0.05, 0.1) is 12.7 Å². The molecule has 1 N–H and O–H groups in total. The molecule has 2 aromatic rings. The van der Waals surface area contributed by atoms with Crippen LogP contribution in [0.1, 0.15) is 19.4 Å². The van der Waals surface area contributed by atoms with Gasteiger partial charge in [0.1, 0.15) is 16.9 Å². The van der Waals surface area contributed by atoms with Crippen molar-refractivity contribution in [2.24, 2.45) is 0 Å². The maximum absolute atomic E-state index is 11.4. The number of fused-ring (bicyclic) bond motifs is 1. The molecule has 5 nitrogen and oxygen atoms in total. The van der Waals surface area contributed by atoms with Gasteiger partial charge in [-0.25, -0.2) is 9.68 Å². The Labute approximate surface area is 116 Å². The molecule has 0 saturated heterocycles. The van der Waals surface area contributed by atoms with Gasteiger partial charge < -0.3 is 9.15 Å². The van der Waals surface area contributed by atoms with Gasteiger partial charge in [-0.3, -0.25) is 5.26 Å². The molecular formula is C15H16O5. The SMILES string of the molecule is COc1ccc2ccc(=O)oc2c1C=CC(C)(C)OO. The van der Waals surface area contributed by atoms with E-state index in [1.54, 1.807) is 38.1 Å². The lowest BCUT2D eigenvalue weighted by atomic mass is 10.0. The van der Waals surface area contributed by atoms with Crippen molar-refractivity contribution in [2.75, 3.05) is 7.11 Å². The molecule has 0 saturated carbocycles. The van der Waals surface area contributed by atoms with Crippen LogP contribution in [0.4, 0.5) is 0 Å². The lowest BCUT2D eigenvalue weighted by Crippen LogP contribution is -2.18. The molecule has 106 valence electrons. The average molecular weight is 276 g/mol. The van der Waals surface area contributed by atoms with Crippen molar-refractivity contribution < 1.29 is 19.3 Å². The molecule has 1 aromatic carbocycles. The van der Waals surface area contributed by atoms with Crippen molar-refractivity contribution in [3.8, 4) is 5.75 Å². The largest absolute Gasteiger partial charge is 0.496 e. The van der Waals surface area contributed by atoms with Gasteiger partial charge in [0.15, 0.2) is 0 Å². The third-order valence-electron chi connectivity index (χ3n) is 2.89. The van der Waals surface area contributed by atoms with Crippen molar-refractivity contribution in [3.63, 3.8) is 0 Å². The first kappa shape index (κ1) is 14.3. The normalized spacial score (nSPS) is 12.2. The molecule has 0 aliphatic heterocycles. The molecule has 0 aliphatic carbocycles. The van der Waals surface area contributed by atoms with Gasteiger partial charge in [0.2, 0.25) is 0 Å². The van der Waals surface area contributed by atoms with Crippen LogP contribution in [-0.2, 0) is 4.89 Å². The van der Waals surface area contributed by atoms with Crippen LogP contribution in [0.5, 0.6) is 5.75 Å². The third kappa shape index (κ3) is 2.89. The van der Waals surface area contributed by atoms with E-state index in [0.29, 0.717) is 16.9 Å². The van der Waals surface area contributed by atoms with E-state index in [9.17, 15) is 4.79 Å². The molecule has 20 heavy (non-hydrogen) atoms. The maximum Gasteiger partial charge on any atom is 0.336 e. The Morgan fingerprint density at radius 2 is 1.95 bits per heavy atom. The number of benzene rings is 1. The Bertz CT molecular complexity index is 697. The summed E-state index contributed by atoms with van der Waals surface area (Å²) in [6, 6.07) is 6.64. The van der Waals surface area contributed by atoms with E-state index in [1.807, 2.05) is 6.07 Å². The highest BCUT2D eigenvalue weighted by molar-refractivity contribution is 5.88. The van der Waals surface area contributed by atoms with E-state index in [-0.39, 0.29) is 0 Å². The molecule has 0 aliphatic rings. The smallest absolute Gasteiger partial charge is 0.336 e. The van der Waals surface area contributed by atoms with Crippen LogP contribution in [0.25, 0.3) is 17.0 Å². The van der Waals surface area contributed by atoms with E-state index < -0.39 is 11.2 Å². The van der Waals surface area contributed by atoms with Crippen molar-refractivity contribution >= 4 is 17.0 Å². The van der Waals surface area contributed by atoms with Crippen molar-refractivity contribution in [3.05, 3.63) is 46.3 Å². The van der Waals surface area contributed by atoms with Gasteiger partial charge in [-0.2, -0.15) is 0 Å². The number of hydrogen-bond donors (Lipinski definition) is 1. The second-order valence-electron chi connectivity index (χ2n) is 4.88. The fraction of sp³-hybridized carbons (Fsp3) is 0.267. The summed E-state index contributed by atoms with van der Waals surface area (Å²) >= 11 is 0. The number of ether oxygens (including phenoxy) is 1. The summed E-state index contributed by atoms with van der Waals surface area (Å²) in [7, 11) is 1.53. The molecule has 0 spiro atoms. The monoisotopic (exact) mass is 276 g/mol. The first-order chi connectivity index (χ1) is 9.46. The zero-order valence-electron chi connectivity index (χ0n) is 11.5. The lowest BCUT2D eigenvalue weighted by molar-refractivity contribution is -0.296. The molecule has 2 rings (SSSR count). The second-order valence-corrected chi connectivity index (χ2v) is 4.88. The first-order valence-corrected chi connectivity index (χ1v) is 6.09. The third-order valence-corrected chi connectivity index (χ3v) is 2.89. The molecule has 5 heteroatoms. The van der Waals surface area contributed by atoms with Crippen LogP contribution >= 0.6 is 0 Å². The zero-order chi connectivity index (χ0) is 14.8. The Balaban J connectivity index is 2.65. The van der Waals surface area contributed by atoms with E-state index in [2.05, 4.69) is 4.89 Å². The van der Waals surface area contributed by atoms with Gasteiger partial charge >= 0.3 is 5.63 Å². The van der Waals surface area contributed by atoms with E-state index in [1.165, 1.54) is 13.2 Å². The minimum Gasteiger partial charge on any atom is -0.496 e. The summed E-state index contributed by atoms with van der Waals surface area (Å²) in [5.74, 6) is 0.567. The van der Waals surface area contributed by atoms with Crippen LogP contribution in [0.2, 0.25) is 0 Å². The molecular weight excluding hydrogens is 260 g/mol. The molecule has 0 fully saturated rings. The number of methoxy groups -OCH3 is 1. The lowest BCUT2D eigenvalue weighted by Gasteiger charge is -2.15. The summed E-state index contributed by atoms with van der Waals surface area (Å²) in [5.41, 5.74) is -0.241. The topological polar surface area (TPSA) is 68.9 Å². The summed E-state index contributed by atoms with van der Waals surface area (Å²) < 4.78 is 10.5. The predicted molar refractivity (Wildman–Crippen MR) is 75.9 cm³/mol. The number of rotatable bonds is 4. The average Bonchev–Trinajstić information content (AvgIpc) is 2.44. The summed E-state index contributed by atoms with van der Waals surface area (Å²) in [6.45, 7) is 3.38.